The highest BCUT2D eigenvalue weighted by molar-refractivity contribution is 6.24. The number of phenols is 1. The number of nitrogens with one attached hydrogen (secondary N) is 1. The van der Waals surface area contributed by atoms with Crippen LogP contribution in [0.5, 0.6) is 5.75 Å². The Morgan fingerprint density at radius 1 is 1.20 bits per heavy atom. The average molecular weight is 559 g/mol. The van der Waals surface area contributed by atoms with E-state index in [0.29, 0.717) is 0 Å². The van der Waals surface area contributed by atoms with Crippen molar-refractivity contribution in [1.29, 1.82) is 0 Å². The van der Waals surface area contributed by atoms with Crippen molar-refractivity contribution in [1.82, 2.24) is 9.80 Å². The Balaban J connectivity index is 1.60. The number of nitrogens with two attached hydrogens (primary N) is 1. The number of primary amides is 1. The first-order valence-electron chi connectivity index (χ1n) is 13.0. The molecule has 12 nitrogen and oxygen atoms in total. The van der Waals surface area contributed by atoms with E-state index in [0.717, 1.165) is 32.0 Å². The number of halogens is 1. The molecular formula is C27H31FN4O8. The third-order valence-corrected chi connectivity index (χ3v) is 8.51. The molecule has 1 heterocycles. The Hall–Kier alpha value is -3.81. The second kappa shape index (κ2) is 9.68. The molecule has 0 unspecified atom stereocenters. The number of aliphatic hydroxyl groups is 3. The molecular weight excluding hydrogens is 527 g/mol. The van der Waals surface area contributed by atoms with Gasteiger partial charge in [0.15, 0.2) is 17.1 Å². The van der Waals surface area contributed by atoms with Gasteiger partial charge in [-0.3, -0.25) is 29.0 Å². The van der Waals surface area contributed by atoms with Crippen LogP contribution in [-0.2, 0) is 25.6 Å². The van der Waals surface area contributed by atoms with E-state index in [1.54, 1.807) is 0 Å². The Morgan fingerprint density at radius 3 is 2.45 bits per heavy atom. The van der Waals surface area contributed by atoms with Gasteiger partial charge in [-0.1, -0.05) is 0 Å². The van der Waals surface area contributed by atoms with Gasteiger partial charge in [0.25, 0.3) is 5.91 Å². The predicted molar refractivity (Wildman–Crippen MR) is 139 cm³/mol. The van der Waals surface area contributed by atoms with Gasteiger partial charge in [-0.25, -0.2) is 4.39 Å². The van der Waals surface area contributed by atoms with E-state index in [1.165, 1.54) is 19.0 Å². The summed E-state index contributed by atoms with van der Waals surface area (Å²) in [6, 6.07) is -0.292. The van der Waals surface area contributed by atoms with Gasteiger partial charge in [0.1, 0.15) is 22.9 Å². The van der Waals surface area contributed by atoms with Crippen molar-refractivity contribution in [2.45, 2.75) is 37.3 Å². The lowest BCUT2D eigenvalue weighted by Crippen LogP contribution is -2.65. The van der Waals surface area contributed by atoms with Crippen LogP contribution in [0.25, 0.3) is 5.76 Å². The van der Waals surface area contributed by atoms with Crippen LogP contribution in [0, 0.1) is 17.7 Å². The minimum atomic E-state index is -2.79. The van der Waals surface area contributed by atoms with E-state index in [-0.39, 0.29) is 30.6 Å². The molecule has 0 spiro atoms. The second-order valence-electron chi connectivity index (χ2n) is 11.1. The Kier molecular flexibility index (Phi) is 6.71. The van der Waals surface area contributed by atoms with Crippen molar-refractivity contribution in [3.05, 3.63) is 39.9 Å². The third-order valence-electron chi connectivity index (χ3n) is 8.51. The van der Waals surface area contributed by atoms with E-state index in [4.69, 9.17) is 5.73 Å². The van der Waals surface area contributed by atoms with E-state index in [1.807, 2.05) is 4.90 Å². The van der Waals surface area contributed by atoms with E-state index in [9.17, 15) is 39.6 Å². The molecule has 214 valence electrons. The highest BCUT2D eigenvalue weighted by Crippen LogP contribution is 2.53. The minimum Gasteiger partial charge on any atom is -0.508 e. The molecule has 1 saturated heterocycles. The van der Waals surface area contributed by atoms with Gasteiger partial charge in [-0.15, -0.1) is 0 Å². The number of anilines is 1. The molecule has 13 heteroatoms. The normalized spacial score (nSPS) is 28.5. The fraction of sp³-hybridized carbons (Fsp3) is 0.481. The largest absolute Gasteiger partial charge is 0.508 e. The number of hydrogen-bond donors (Lipinski definition) is 6. The van der Waals surface area contributed by atoms with Crippen molar-refractivity contribution in [3.8, 4) is 5.75 Å². The van der Waals surface area contributed by atoms with Crippen LogP contribution in [0.1, 0.15) is 30.4 Å². The number of ketones is 2. The van der Waals surface area contributed by atoms with E-state index >= 15 is 4.39 Å². The monoisotopic (exact) mass is 558 g/mol. The number of aromatic hydroxyl groups is 1. The first kappa shape index (κ1) is 27.7. The average Bonchev–Trinajstić information content (AvgIpc) is 3.37. The Bertz CT molecular complexity index is 1410. The summed E-state index contributed by atoms with van der Waals surface area (Å²) < 4.78 is 15.4. The van der Waals surface area contributed by atoms with E-state index in [2.05, 4.69) is 5.32 Å². The van der Waals surface area contributed by atoms with Crippen molar-refractivity contribution in [2.24, 2.45) is 17.6 Å². The summed E-state index contributed by atoms with van der Waals surface area (Å²) in [5, 5.41) is 47.2. The predicted octanol–water partition coefficient (Wildman–Crippen LogP) is 0.137. The minimum absolute atomic E-state index is 0.0275. The first-order valence-corrected chi connectivity index (χ1v) is 13.0. The molecule has 1 aromatic carbocycles. The number of carbonyl (C=O) groups excluding carboxylic acids is 4. The van der Waals surface area contributed by atoms with Crippen LogP contribution in [0.3, 0.4) is 0 Å². The second-order valence-corrected chi connectivity index (χ2v) is 11.1. The lowest BCUT2D eigenvalue weighted by atomic mass is 9.57. The van der Waals surface area contributed by atoms with Gasteiger partial charge in [0, 0.05) is 23.1 Å². The van der Waals surface area contributed by atoms with Gasteiger partial charge in [0.05, 0.1) is 23.8 Å². The fourth-order valence-electron chi connectivity index (χ4n) is 6.69. The number of phenolic OH excluding ortho intramolecular Hbond substituents is 1. The van der Waals surface area contributed by atoms with E-state index < -0.39 is 86.7 Å². The van der Waals surface area contributed by atoms with Crippen LogP contribution in [-0.4, -0.2) is 99.0 Å². The van der Waals surface area contributed by atoms with Crippen LogP contribution >= 0.6 is 0 Å². The van der Waals surface area contributed by atoms with Gasteiger partial charge in [0.2, 0.25) is 11.7 Å². The Labute approximate surface area is 228 Å². The summed E-state index contributed by atoms with van der Waals surface area (Å²) in [6.45, 7) is 1.49. The zero-order valence-electron chi connectivity index (χ0n) is 22.0. The summed E-state index contributed by atoms with van der Waals surface area (Å²) >= 11 is 0. The fourth-order valence-corrected chi connectivity index (χ4v) is 6.69. The molecule has 2 fully saturated rings. The lowest BCUT2D eigenvalue weighted by molar-refractivity contribution is -0.153. The number of likely N-dealkylation sites (tertiary alicyclic amines) is 1. The first-order chi connectivity index (χ1) is 18.8. The number of fused-ring (bicyclic) bond motifs is 3. The van der Waals surface area contributed by atoms with Crippen LogP contribution in [0.15, 0.2) is 23.0 Å². The molecule has 1 aliphatic heterocycles. The molecule has 3 aliphatic carbocycles. The zero-order chi connectivity index (χ0) is 29.3. The van der Waals surface area contributed by atoms with Crippen molar-refractivity contribution in [3.63, 3.8) is 0 Å². The third kappa shape index (κ3) is 3.99. The van der Waals surface area contributed by atoms with Gasteiger partial charge >= 0.3 is 0 Å². The highest BCUT2D eigenvalue weighted by Gasteiger charge is 2.64. The number of hydrogen-bond acceptors (Lipinski definition) is 10. The van der Waals surface area contributed by atoms with Gasteiger partial charge in [-0.05, 0) is 58.8 Å². The molecule has 1 aromatic rings. The van der Waals surface area contributed by atoms with Crippen molar-refractivity contribution in [2.75, 3.05) is 39.0 Å². The quantitative estimate of drug-likeness (QED) is 0.214. The number of nitrogens with zero attached hydrogens (tertiary/aromatic N) is 2. The number of amides is 2. The number of rotatable bonds is 5. The maximum absolute atomic E-state index is 15.4. The molecule has 2 amide bonds. The summed E-state index contributed by atoms with van der Waals surface area (Å²) in [4.78, 5) is 54.8. The maximum Gasteiger partial charge on any atom is 0.255 e. The Morgan fingerprint density at radius 2 is 1.85 bits per heavy atom. The zero-order valence-corrected chi connectivity index (χ0v) is 22.0. The molecule has 4 atom stereocenters. The lowest BCUT2D eigenvalue weighted by Gasteiger charge is -2.50. The summed E-state index contributed by atoms with van der Waals surface area (Å²) in [5.41, 5.74) is 0.362. The summed E-state index contributed by atoms with van der Waals surface area (Å²) in [6.07, 6.45) is 1.56. The van der Waals surface area contributed by atoms with Crippen LogP contribution in [0.2, 0.25) is 0 Å². The maximum atomic E-state index is 15.4. The molecule has 0 aromatic heterocycles. The van der Waals surface area contributed by atoms with Crippen molar-refractivity contribution < 1.29 is 44.0 Å². The smallest absolute Gasteiger partial charge is 0.255 e. The number of likely N-dealkylation sites (N-methyl/N-ethyl adjacent to an activating group) is 1. The molecule has 4 aliphatic rings. The number of Topliss-reactive ketones (excluding diaryl/α,β-unsaturated/α-hetero) is 2. The number of aliphatic hydroxyl groups excluding tert-OH is 2. The standard InChI is InChI=1S/C27H31FN4O8/c1-31(2)20-13-8-11-7-12-14(28)9-15(30-16(33)10-32-5-3-4-6-32)21(34)18(12)22(35)17(11)24(37)27(13,40)25(38)19(23(20)36)26(29)39/h9,11,13,20,34-35,38,40H,3-8,10H2,1-2H3,(H2,29,39)(H,30,33)/t11-,13-,20+,27-/m1/s1. The number of carbonyl (C=O) groups is 4. The highest BCUT2D eigenvalue weighted by atomic mass is 19.1. The van der Waals surface area contributed by atoms with Crippen LogP contribution < -0.4 is 11.1 Å². The topological polar surface area (TPSA) is 194 Å². The molecule has 40 heavy (non-hydrogen) atoms. The number of benzene rings is 1. The van der Waals surface area contributed by atoms with Crippen molar-refractivity contribution >= 4 is 34.8 Å². The molecule has 5 rings (SSSR count). The molecule has 0 radical (unpaired) electrons. The van der Waals surface area contributed by atoms with Gasteiger partial charge in [-0.2, -0.15) is 0 Å². The van der Waals surface area contributed by atoms with Gasteiger partial charge < -0.3 is 31.5 Å². The molecule has 0 bridgehead atoms. The molecule has 1 saturated carbocycles. The SMILES string of the molecule is CN(C)[C@@H]1C(=O)C(C(N)=O)=C(O)[C@]2(O)C(=O)C3=C(O)c4c(O)c(NC(=O)CN5CCCC5)cc(F)c4C[C@@H]3C[C@H]12. The van der Waals surface area contributed by atoms with Crippen LogP contribution in [0.4, 0.5) is 10.1 Å². The summed E-state index contributed by atoms with van der Waals surface area (Å²) in [7, 11) is 2.98. The summed E-state index contributed by atoms with van der Waals surface area (Å²) in [5.74, 6) is -9.61. The molecule has 7 N–H and O–H groups in total.